The molecule has 5 nitrogen and oxygen atoms in total. The summed E-state index contributed by atoms with van der Waals surface area (Å²) in [6.07, 6.45) is 4.64. The Labute approximate surface area is 166 Å². The second kappa shape index (κ2) is 9.04. The van der Waals surface area contributed by atoms with Crippen LogP contribution in [0, 0.1) is 0 Å². The average molecular weight is 380 g/mol. The van der Waals surface area contributed by atoms with E-state index in [9.17, 15) is 4.79 Å². The van der Waals surface area contributed by atoms with Crippen LogP contribution in [0.25, 0.3) is 11.6 Å². The Morgan fingerprint density at radius 3 is 2.57 bits per heavy atom. The van der Waals surface area contributed by atoms with Crippen LogP contribution in [0.4, 0.5) is 0 Å². The van der Waals surface area contributed by atoms with Crippen LogP contribution in [0.5, 0.6) is 5.75 Å². The van der Waals surface area contributed by atoms with Gasteiger partial charge in [0.1, 0.15) is 11.3 Å². The minimum absolute atomic E-state index is 0.0621. The van der Waals surface area contributed by atoms with Crippen molar-refractivity contribution in [3.8, 4) is 5.75 Å². The van der Waals surface area contributed by atoms with E-state index >= 15 is 0 Å². The Balaban J connectivity index is 1.49. The molecule has 0 heterocycles. The topological polar surface area (TPSA) is 87.6 Å². The molecule has 1 aliphatic rings. The Morgan fingerprint density at radius 1 is 1.07 bits per heavy atom. The van der Waals surface area contributed by atoms with Gasteiger partial charge in [0.15, 0.2) is 0 Å². The van der Waals surface area contributed by atoms with Crippen LogP contribution < -0.4 is 16.2 Å². The van der Waals surface area contributed by atoms with Gasteiger partial charge >= 0.3 is 5.97 Å². The molecule has 5 heteroatoms. The van der Waals surface area contributed by atoms with Crippen LogP contribution in [-0.4, -0.2) is 31.3 Å². The van der Waals surface area contributed by atoms with Gasteiger partial charge in [-0.05, 0) is 55.0 Å². The summed E-state index contributed by atoms with van der Waals surface area (Å²) in [5.41, 5.74) is 15.1. The van der Waals surface area contributed by atoms with E-state index < -0.39 is 11.5 Å². The smallest absolute Gasteiger partial charge is 0.327 e. The van der Waals surface area contributed by atoms with E-state index in [1.807, 2.05) is 18.2 Å². The summed E-state index contributed by atoms with van der Waals surface area (Å²) in [6, 6.07) is 16.6. The zero-order valence-corrected chi connectivity index (χ0v) is 16.3. The van der Waals surface area contributed by atoms with Gasteiger partial charge in [-0.3, -0.25) is 4.79 Å². The average Bonchev–Trinajstić information content (AvgIpc) is 3.16. The molecule has 0 aromatic heterocycles. The maximum Gasteiger partial charge on any atom is 0.327 e. The molecular formula is C23H28N2O3. The van der Waals surface area contributed by atoms with Gasteiger partial charge in [-0.25, -0.2) is 0 Å². The summed E-state index contributed by atoms with van der Waals surface area (Å²) in [7, 11) is 0. The van der Waals surface area contributed by atoms with Gasteiger partial charge in [-0.15, -0.1) is 0 Å². The molecule has 0 bridgehead atoms. The molecule has 0 amide bonds. The van der Waals surface area contributed by atoms with Crippen molar-refractivity contribution in [3.05, 3.63) is 65.2 Å². The second-order valence-corrected chi connectivity index (χ2v) is 7.35. The number of nitrogens with two attached hydrogens (primary N) is 2. The molecule has 0 saturated carbocycles. The van der Waals surface area contributed by atoms with E-state index in [4.69, 9.17) is 20.9 Å². The molecule has 0 saturated heterocycles. The lowest BCUT2D eigenvalue weighted by Crippen LogP contribution is -2.52. The van der Waals surface area contributed by atoms with Crippen LogP contribution in [0.15, 0.2) is 48.5 Å². The fraction of sp³-hybridized carbons (Fsp3) is 0.348. The summed E-state index contributed by atoms with van der Waals surface area (Å²) >= 11 is 0. The molecule has 0 radical (unpaired) electrons. The highest BCUT2D eigenvalue weighted by Gasteiger charge is 2.28. The summed E-state index contributed by atoms with van der Waals surface area (Å²) in [4.78, 5) is 11.8. The van der Waals surface area contributed by atoms with E-state index in [0.29, 0.717) is 19.6 Å². The minimum atomic E-state index is -1.12. The normalized spacial score (nSPS) is 14.8. The standard InChI is InChI=1S/C23H28N2O3/c1-23(25,16-24)22(26)28-13-6-5-12-27-21-11-7-10-18-14-19(15-20(18)21)17-8-3-2-4-9-17/h2-4,7-11,15H,5-6,12-14,16,24-25H2,1H3. The monoisotopic (exact) mass is 380 g/mol. The second-order valence-electron chi connectivity index (χ2n) is 7.35. The quantitative estimate of drug-likeness (QED) is 0.515. The third kappa shape index (κ3) is 4.80. The van der Waals surface area contributed by atoms with E-state index in [2.05, 4.69) is 36.4 Å². The fourth-order valence-corrected chi connectivity index (χ4v) is 3.10. The number of hydrogen-bond acceptors (Lipinski definition) is 5. The predicted molar refractivity (Wildman–Crippen MR) is 112 cm³/mol. The van der Waals surface area contributed by atoms with Crippen LogP contribution in [-0.2, 0) is 16.0 Å². The molecule has 3 rings (SSSR count). The van der Waals surface area contributed by atoms with Crippen molar-refractivity contribution < 1.29 is 14.3 Å². The maximum atomic E-state index is 11.8. The molecular weight excluding hydrogens is 352 g/mol. The van der Waals surface area contributed by atoms with Gasteiger partial charge in [0, 0.05) is 12.1 Å². The lowest BCUT2D eigenvalue weighted by Gasteiger charge is -2.20. The molecule has 0 aliphatic heterocycles. The number of fused-ring (bicyclic) bond motifs is 1. The zero-order chi connectivity index (χ0) is 20.0. The van der Waals surface area contributed by atoms with Crippen LogP contribution >= 0.6 is 0 Å². The zero-order valence-electron chi connectivity index (χ0n) is 16.3. The summed E-state index contributed by atoms with van der Waals surface area (Å²) < 4.78 is 11.2. The molecule has 1 aliphatic carbocycles. The number of unbranched alkanes of at least 4 members (excludes halogenated alkanes) is 1. The van der Waals surface area contributed by atoms with Crippen molar-refractivity contribution in [2.45, 2.75) is 31.7 Å². The van der Waals surface area contributed by atoms with Crippen LogP contribution in [0.1, 0.15) is 36.5 Å². The highest BCUT2D eigenvalue weighted by Crippen LogP contribution is 2.36. The molecule has 28 heavy (non-hydrogen) atoms. The summed E-state index contributed by atoms with van der Waals surface area (Å²) in [5.74, 6) is 0.438. The van der Waals surface area contributed by atoms with Crippen molar-refractivity contribution in [1.82, 2.24) is 0 Å². The van der Waals surface area contributed by atoms with Crippen molar-refractivity contribution in [2.75, 3.05) is 19.8 Å². The fourth-order valence-electron chi connectivity index (χ4n) is 3.10. The molecule has 0 spiro atoms. The molecule has 148 valence electrons. The third-order valence-corrected chi connectivity index (χ3v) is 4.92. The lowest BCUT2D eigenvalue weighted by atomic mass is 10.0. The molecule has 2 aromatic carbocycles. The van der Waals surface area contributed by atoms with Crippen LogP contribution in [0.2, 0.25) is 0 Å². The Kier molecular flexibility index (Phi) is 6.49. The predicted octanol–water partition coefficient (Wildman–Crippen LogP) is 3.16. The number of allylic oxidation sites excluding steroid dienone is 1. The number of carbonyl (C=O) groups is 1. The Bertz CT molecular complexity index is 844. The Hall–Kier alpha value is -2.63. The van der Waals surface area contributed by atoms with Gasteiger partial charge in [0.25, 0.3) is 0 Å². The van der Waals surface area contributed by atoms with Crippen molar-refractivity contribution in [1.29, 1.82) is 0 Å². The summed E-state index contributed by atoms with van der Waals surface area (Å²) in [5, 5.41) is 0. The Morgan fingerprint density at radius 2 is 1.82 bits per heavy atom. The van der Waals surface area contributed by atoms with Crippen molar-refractivity contribution in [2.24, 2.45) is 11.5 Å². The highest BCUT2D eigenvalue weighted by molar-refractivity contribution is 5.90. The van der Waals surface area contributed by atoms with Gasteiger partial charge in [-0.2, -0.15) is 0 Å². The molecule has 2 aromatic rings. The SMILES string of the molecule is CC(N)(CN)C(=O)OCCCCOc1cccc2c1C=C(c1ccccc1)C2. The van der Waals surface area contributed by atoms with Gasteiger partial charge in [0.2, 0.25) is 0 Å². The van der Waals surface area contributed by atoms with Crippen molar-refractivity contribution >= 4 is 17.6 Å². The number of carbonyl (C=O) groups excluding carboxylic acids is 1. The van der Waals surface area contributed by atoms with Crippen LogP contribution in [0.3, 0.4) is 0 Å². The largest absolute Gasteiger partial charge is 0.493 e. The van der Waals surface area contributed by atoms with E-state index in [1.54, 1.807) is 6.92 Å². The number of ether oxygens (including phenoxy) is 2. The minimum Gasteiger partial charge on any atom is -0.493 e. The first-order valence-corrected chi connectivity index (χ1v) is 9.68. The van der Waals surface area contributed by atoms with Gasteiger partial charge in [-0.1, -0.05) is 42.5 Å². The first-order valence-electron chi connectivity index (χ1n) is 9.68. The van der Waals surface area contributed by atoms with E-state index in [1.165, 1.54) is 16.7 Å². The summed E-state index contributed by atoms with van der Waals surface area (Å²) in [6.45, 7) is 2.53. The first kappa shape index (κ1) is 20.1. The number of hydrogen-bond donors (Lipinski definition) is 2. The first-order chi connectivity index (χ1) is 13.5. The van der Waals surface area contributed by atoms with Gasteiger partial charge < -0.3 is 20.9 Å². The molecule has 1 unspecified atom stereocenters. The van der Waals surface area contributed by atoms with E-state index in [-0.39, 0.29) is 6.54 Å². The van der Waals surface area contributed by atoms with Crippen molar-refractivity contribution in [3.63, 3.8) is 0 Å². The molecule has 4 N–H and O–H groups in total. The number of rotatable bonds is 9. The third-order valence-electron chi connectivity index (χ3n) is 4.92. The molecule has 1 atom stereocenters. The molecule has 0 fully saturated rings. The lowest BCUT2D eigenvalue weighted by molar-refractivity contribution is -0.149. The number of esters is 1. The highest BCUT2D eigenvalue weighted by atomic mass is 16.5. The van der Waals surface area contributed by atoms with E-state index in [0.717, 1.165) is 24.2 Å². The van der Waals surface area contributed by atoms with Gasteiger partial charge in [0.05, 0.1) is 13.2 Å². The number of benzene rings is 2. The maximum absolute atomic E-state index is 11.8.